The van der Waals surface area contributed by atoms with E-state index in [9.17, 15) is 0 Å². The lowest BCUT2D eigenvalue weighted by Gasteiger charge is -2.35. The summed E-state index contributed by atoms with van der Waals surface area (Å²) in [7, 11) is 2.18. The van der Waals surface area contributed by atoms with Crippen molar-refractivity contribution in [1.29, 1.82) is 0 Å². The number of piperidine rings is 1. The molecule has 7 heteroatoms. The molecule has 0 atom stereocenters. The molecule has 2 N–H and O–H groups in total. The first kappa shape index (κ1) is 22.9. The predicted molar refractivity (Wildman–Crippen MR) is 129 cm³/mol. The van der Waals surface area contributed by atoms with Crippen LogP contribution in [-0.4, -0.2) is 81.2 Å². The van der Waals surface area contributed by atoms with Crippen molar-refractivity contribution in [2.75, 3.05) is 64.3 Å². The standard InChI is InChI=1S/C23H37ClN6/c1-4-11-29-12-9-19(10-13-29)27-23(25-5-2)26-18-20-21(24)7-6-8-22(20)30-16-14-28(3)15-17-30/h4,6-8,19H,1,5,9-18H2,2-3H3,(H2,25,26,27). The van der Waals surface area contributed by atoms with Gasteiger partial charge in [-0.25, -0.2) is 4.99 Å². The fourth-order valence-corrected chi connectivity index (χ4v) is 4.39. The molecule has 0 saturated carbocycles. The molecule has 166 valence electrons. The van der Waals surface area contributed by atoms with Gasteiger partial charge in [0, 0.05) is 74.7 Å². The molecule has 6 nitrogen and oxygen atoms in total. The molecule has 1 aromatic rings. The number of benzene rings is 1. The molecule has 2 aliphatic heterocycles. The van der Waals surface area contributed by atoms with Crippen LogP contribution < -0.4 is 15.5 Å². The van der Waals surface area contributed by atoms with E-state index in [0.29, 0.717) is 12.6 Å². The average molecular weight is 433 g/mol. The number of guanidine groups is 1. The summed E-state index contributed by atoms with van der Waals surface area (Å²) < 4.78 is 0. The molecule has 2 heterocycles. The number of rotatable bonds is 7. The molecule has 0 aromatic heterocycles. The van der Waals surface area contributed by atoms with Crippen molar-refractivity contribution in [2.24, 2.45) is 4.99 Å². The van der Waals surface area contributed by atoms with Crippen LogP contribution in [0.3, 0.4) is 0 Å². The van der Waals surface area contributed by atoms with Crippen LogP contribution in [0, 0.1) is 0 Å². The highest BCUT2D eigenvalue weighted by Crippen LogP contribution is 2.29. The minimum atomic E-state index is 0.451. The Labute approximate surface area is 187 Å². The Balaban J connectivity index is 1.66. The first-order valence-corrected chi connectivity index (χ1v) is 11.6. The molecule has 2 fully saturated rings. The lowest BCUT2D eigenvalue weighted by molar-refractivity contribution is 0.225. The number of nitrogens with one attached hydrogen (secondary N) is 2. The van der Waals surface area contributed by atoms with Gasteiger partial charge in [-0.1, -0.05) is 23.7 Å². The number of hydrogen-bond acceptors (Lipinski definition) is 4. The van der Waals surface area contributed by atoms with Gasteiger partial charge in [-0.2, -0.15) is 0 Å². The lowest BCUT2D eigenvalue weighted by Crippen LogP contribution is -2.48. The van der Waals surface area contributed by atoms with Gasteiger partial charge >= 0.3 is 0 Å². The number of halogens is 1. The summed E-state index contributed by atoms with van der Waals surface area (Å²) in [5.74, 6) is 0.879. The van der Waals surface area contributed by atoms with Gasteiger partial charge in [0.05, 0.1) is 6.54 Å². The Bertz CT molecular complexity index is 706. The molecule has 0 spiro atoms. The SMILES string of the molecule is C=CCN1CCC(NC(=NCc2c(Cl)cccc2N2CCN(C)CC2)NCC)CC1. The van der Waals surface area contributed by atoms with Crippen LogP contribution in [0.5, 0.6) is 0 Å². The second-order valence-electron chi connectivity index (χ2n) is 8.23. The van der Waals surface area contributed by atoms with E-state index in [4.69, 9.17) is 16.6 Å². The fraction of sp³-hybridized carbons (Fsp3) is 0.609. The van der Waals surface area contributed by atoms with E-state index < -0.39 is 0 Å². The van der Waals surface area contributed by atoms with Crippen LogP contribution in [0.1, 0.15) is 25.3 Å². The van der Waals surface area contributed by atoms with E-state index in [-0.39, 0.29) is 0 Å². The normalized spacial score (nSPS) is 19.7. The third-order valence-electron chi connectivity index (χ3n) is 5.99. The zero-order valence-corrected chi connectivity index (χ0v) is 19.3. The Morgan fingerprint density at radius 2 is 1.93 bits per heavy atom. The van der Waals surface area contributed by atoms with Crippen molar-refractivity contribution >= 4 is 23.2 Å². The number of aliphatic imine (C=N–C) groups is 1. The summed E-state index contributed by atoms with van der Waals surface area (Å²) in [4.78, 5) is 12.2. The Hall–Kier alpha value is -1.76. The van der Waals surface area contributed by atoms with Gasteiger partial charge in [0.1, 0.15) is 0 Å². The average Bonchev–Trinajstić information content (AvgIpc) is 2.75. The zero-order valence-electron chi connectivity index (χ0n) is 18.5. The highest BCUT2D eigenvalue weighted by Gasteiger charge is 2.20. The molecule has 2 saturated heterocycles. The molecule has 0 radical (unpaired) electrons. The maximum atomic E-state index is 6.61. The van der Waals surface area contributed by atoms with Crippen LogP contribution in [0.4, 0.5) is 5.69 Å². The van der Waals surface area contributed by atoms with Crippen LogP contribution in [-0.2, 0) is 6.54 Å². The van der Waals surface area contributed by atoms with Crippen LogP contribution >= 0.6 is 11.6 Å². The minimum Gasteiger partial charge on any atom is -0.369 e. The summed E-state index contributed by atoms with van der Waals surface area (Å²) >= 11 is 6.61. The third-order valence-corrected chi connectivity index (χ3v) is 6.35. The van der Waals surface area contributed by atoms with Gasteiger partial charge in [-0.3, -0.25) is 4.90 Å². The number of hydrogen-bond donors (Lipinski definition) is 2. The molecule has 3 rings (SSSR count). The van der Waals surface area contributed by atoms with Gasteiger partial charge in [0.15, 0.2) is 5.96 Å². The predicted octanol–water partition coefficient (Wildman–Crippen LogP) is 2.80. The fourth-order valence-electron chi connectivity index (χ4n) is 4.16. The summed E-state index contributed by atoms with van der Waals surface area (Å²) in [5, 5.41) is 7.84. The Morgan fingerprint density at radius 1 is 1.20 bits per heavy atom. The lowest BCUT2D eigenvalue weighted by atomic mass is 10.1. The van der Waals surface area contributed by atoms with E-state index in [2.05, 4.69) is 52.0 Å². The molecule has 0 bridgehead atoms. The van der Waals surface area contributed by atoms with E-state index in [1.165, 1.54) is 5.69 Å². The molecule has 0 unspecified atom stereocenters. The number of anilines is 1. The monoisotopic (exact) mass is 432 g/mol. The van der Waals surface area contributed by atoms with Crippen molar-refractivity contribution < 1.29 is 0 Å². The summed E-state index contributed by atoms with van der Waals surface area (Å²) in [6.07, 6.45) is 4.23. The molecule has 0 aliphatic carbocycles. The number of likely N-dealkylation sites (N-methyl/N-ethyl adjacent to an activating group) is 1. The molecule has 2 aliphatic rings. The van der Waals surface area contributed by atoms with Crippen molar-refractivity contribution in [3.8, 4) is 0 Å². The van der Waals surface area contributed by atoms with Crippen LogP contribution in [0.25, 0.3) is 0 Å². The summed E-state index contributed by atoms with van der Waals surface area (Å²) in [6, 6.07) is 6.65. The summed E-state index contributed by atoms with van der Waals surface area (Å²) in [6.45, 7) is 14.7. The topological polar surface area (TPSA) is 46.1 Å². The highest BCUT2D eigenvalue weighted by molar-refractivity contribution is 6.31. The van der Waals surface area contributed by atoms with E-state index in [0.717, 1.165) is 81.7 Å². The van der Waals surface area contributed by atoms with Crippen molar-refractivity contribution in [1.82, 2.24) is 20.4 Å². The van der Waals surface area contributed by atoms with Gasteiger partial charge in [-0.05, 0) is 38.9 Å². The van der Waals surface area contributed by atoms with Crippen molar-refractivity contribution in [2.45, 2.75) is 32.4 Å². The summed E-state index contributed by atoms with van der Waals surface area (Å²) in [5.41, 5.74) is 2.33. The molecule has 1 aromatic carbocycles. The van der Waals surface area contributed by atoms with Crippen molar-refractivity contribution in [3.05, 3.63) is 41.4 Å². The first-order valence-electron chi connectivity index (χ1n) is 11.2. The zero-order chi connectivity index (χ0) is 21.3. The van der Waals surface area contributed by atoms with E-state index in [1.54, 1.807) is 0 Å². The van der Waals surface area contributed by atoms with E-state index >= 15 is 0 Å². The van der Waals surface area contributed by atoms with Gasteiger partial charge in [0.25, 0.3) is 0 Å². The number of nitrogens with zero attached hydrogens (tertiary/aromatic N) is 4. The molecular formula is C23H37ClN6. The number of piperazine rings is 1. The smallest absolute Gasteiger partial charge is 0.191 e. The number of likely N-dealkylation sites (tertiary alicyclic amines) is 1. The minimum absolute atomic E-state index is 0.451. The Kier molecular flexibility index (Phi) is 8.85. The molecular weight excluding hydrogens is 396 g/mol. The van der Waals surface area contributed by atoms with Crippen LogP contribution in [0.2, 0.25) is 5.02 Å². The third kappa shape index (κ3) is 6.37. The van der Waals surface area contributed by atoms with Gasteiger partial charge in [-0.15, -0.1) is 6.58 Å². The van der Waals surface area contributed by atoms with Crippen molar-refractivity contribution in [3.63, 3.8) is 0 Å². The second kappa shape index (κ2) is 11.6. The first-order chi connectivity index (χ1) is 14.6. The highest BCUT2D eigenvalue weighted by atomic mass is 35.5. The van der Waals surface area contributed by atoms with Crippen LogP contribution in [0.15, 0.2) is 35.8 Å². The second-order valence-corrected chi connectivity index (χ2v) is 8.64. The quantitative estimate of drug-likeness (QED) is 0.394. The van der Waals surface area contributed by atoms with E-state index in [1.807, 2.05) is 18.2 Å². The molecule has 0 amide bonds. The molecule has 30 heavy (non-hydrogen) atoms. The largest absolute Gasteiger partial charge is 0.369 e. The maximum absolute atomic E-state index is 6.61. The van der Waals surface area contributed by atoms with Gasteiger partial charge in [0.2, 0.25) is 0 Å². The van der Waals surface area contributed by atoms with Gasteiger partial charge < -0.3 is 20.4 Å². The maximum Gasteiger partial charge on any atom is 0.191 e. The Morgan fingerprint density at radius 3 is 2.60 bits per heavy atom.